The number of aromatic nitrogens is 1. The zero-order valence-corrected chi connectivity index (χ0v) is 19.7. The molecule has 5 rings (SSSR count). The number of benzene rings is 2. The molecule has 2 unspecified atom stereocenters. The van der Waals surface area contributed by atoms with Gasteiger partial charge in [-0.25, -0.2) is 9.59 Å². The smallest absolute Gasteiger partial charge is 0.407 e. The molecule has 1 saturated heterocycles. The fourth-order valence-corrected chi connectivity index (χ4v) is 5.81. The molecule has 2 heterocycles. The Morgan fingerprint density at radius 3 is 2.46 bits per heavy atom. The van der Waals surface area contributed by atoms with Crippen LogP contribution in [-0.4, -0.2) is 56.9 Å². The molecule has 1 aliphatic heterocycles. The van der Waals surface area contributed by atoms with Crippen molar-refractivity contribution in [1.29, 1.82) is 0 Å². The Hall–Kier alpha value is -3.79. The van der Waals surface area contributed by atoms with Crippen molar-refractivity contribution in [1.82, 2.24) is 15.4 Å². The topological polar surface area (TPSA) is 122 Å². The van der Waals surface area contributed by atoms with E-state index in [1.54, 1.807) is 6.92 Å². The van der Waals surface area contributed by atoms with Crippen molar-refractivity contribution in [2.45, 2.75) is 30.8 Å². The van der Waals surface area contributed by atoms with Gasteiger partial charge in [-0.15, -0.1) is 11.8 Å². The van der Waals surface area contributed by atoms with Crippen molar-refractivity contribution in [2.75, 3.05) is 12.4 Å². The largest absolute Gasteiger partial charge is 0.480 e. The van der Waals surface area contributed by atoms with Crippen LogP contribution in [0.5, 0.6) is 0 Å². The first kappa shape index (κ1) is 23.0. The number of nitrogens with zero attached hydrogens (tertiary/aromatic N) is 2. The lowest BCUT2D eigenvalue weighted by Crippen LogP contribution is -2.45. The van der Waals surface area contributed by atoms with Gasteiger partial charge in [0.05, 0.1) is 11.9 Å². The van der Waals surface area contributed by atoms with Crippen LogP contribution in [0, 0.1) is 0 Å². The van der Waals surface area contributed by atoms with Crippen molar-refractivity contribution in [3.8, 4) is 11.1 Å². The van der Waals surface area contributed by atoms with Crippen LogP contribution in [0.15, 0.2) is 59.3 Å². The fourth-order valence-electron chi connectivity index (χ4n) is 4.65. The average molecular weight is 494 g/mol. The third-order valence-corrected chi connectivity index (χ3v) is 7.58. The van der Waals surface area contributed by atoms with Gasteiger partial charge in [-0.3, -0.25) is 4.79 Å². The summed E-state index contributed by atoms with van der Waals surface area (Å²) in [6, 6.07) is 15.2. The summed E-state index contributed by atoms with van der Waals surface area (Å²) in [7, 11) is 0. The fraction of sp³-hybridized carbons (Fsp3) is 0.280. The molecule has 2 amide bonds. The molecule has 2 N–H and O–H groups in total. The molecule has 1 aliphatic carbocycles. The summed E-state index contributed by atoms with van der Waals surface area (Å²) < 4.78 is 10.5. The maximum absolute atomic E-state index is 13.0. The number of carbonyl (C=O) groups is 3. The number of hydrogen-bond donors (Lipinski definition) is 2. The third-order valence-electron chi connectivity index (χ3n) is 6.36. The van der Waals surface area contributed by atoms with Crippen molar-refractivity contribution >= 4 is 29.7 Å². The number of hydrogen-bond acceptors (Lipinski definition) is 7. The summed E-state index contributed by atoms with van der Waals surface area (Å²) in [6.45, 7) is 1.84. The van der Waals surface area contributed by atoms with Crippen molar-refractivity contribution in [3.63, 3.8) is 0 Å². The zero-order chi connectivity index (χ0) is 24.5. The van der Waals surface area contributed by atoms with E-state index in [1.807, 2.05) is 36.4 Å². The molecule has 9 nitrogen and oxygen atoms in total. The highest BCUT2D eigenvalue weighted by Crippen LogP contribution is 2.44. The lowest BCUT2D eigenvalue weighted by atomic mass is 9.98. The lowest BCUT2D eigenvalue weighted by molar-refractivity contribution is -0.141. The molecule has 2 aliphatic rings. The van der Waals surface area contributed by atoms with E-state index in [4.69, 9.17) is 9.26 Å². The van der Waals surface area contributed by atoms with E-state index in [0.29, 0.717) is 5.75 Å². The highest BCUT2D eigenvalue weighted by molar-refractivity contribution is 8.00. The van der Waals surface area contributed by atoms with Crippen molar-refractivity contribution in [3.05, 3.63) is 77.2 Å². The Labute approximate surface area is 205 Å². The number of thioether (sulfide) groups is 1. The molecule has 10 heteroatoms. The van der Waals surface area contributed by atoms with Crippen molar-refractivity contribution < 1.29 is 28.8 Å². The second kappa shape index (κ2) is 9.46. The van der Waals surface area contributed by atoms with Crippen LogP contribution in [0.25, 0.3) is 11.1 Å². The standard InChI is InChI=1S/C25H23N3O6S/c1-14-28(22(13-35-14)24(30)31)23(29)20-12-34-27-21(20)10-26-25(32)33-11-19-17-8-4-2-6-15(17)16-7-3-5-9-18(16)19/h2-9,12,14,19,22H,10-11,13H2,1H3,(H,26,32)(H,30,31). The number of nitrogens with one attached hydrogen (secondary N) is 1. The molecule has 3 aromatic rings. The van der Waals surface area contributed by atoms with E-state index in [2.05, 4.69) is 22.6 Å². The van der Waals surface area contributed by atoms with Gasteiger partial charge in [-0.1, -0.05) is 53.7 Å². The first-order valence-electron chi connectivity index (χ1n) is 11.1. The van der Waals surface area contributed by atoms with Crippen LogP contribution >= 0.6 is 11.8 Å². The van der Waals surface area contributed by atoms with Gasteiger partial charge < -0.3 is 24.6 Å². The molecule has 0 saturated carbocycles. The summed E-state index contributed by atoms with van der Waals surface area (Å²) in [5, 5.41) is 15.6. The van der Waals surface area contributed by atoms with Gasteiger partial charge >= 0.3 is 12.1 Å². The number of rotatable bonds is 6. The second-order valence-electron chi connectivity index (χ2n) is 8.35. The summed E-state index contributed by atoms with van der Waals surface area (Å²) >= 11 is 1.38. The second-order valence-corrected chi connectivity index (χ2v) is 9.70. The number of carbonyl (C=O) groups excluding carboxylic acids is 2. The quantitative estimate of drug-likeness (QED) is 0.533. The highest BCUT2D eigenvalue weighted by atomic mass is 32.2. The van der Waals surface area contributed by atoms with Crippen LogP contribution < -0.4 is 5.32 Å². The first-order chi connectivity index (χ1) is 17.0. The van der Waals surface area contributed by atoms with E-state index in [-0.39, 0.29) is 35.7 Å². The van der Waals surface area contributed by atoms with E-state index < -0.39 is 24.0 Å². The molecule has 1 aromatic heterocycles. The van der Waals surface area contributed by atoms with Gasteiger partial charge in [0.1, 0.15) is 30.2 Å². The SMILES string of the molecule is CC1SCC(C(=O)O)N1C(=O)c1conc1CNC(=O)OCC1c2ccccc2-c2ccccc21. The first-order valence-corrected chi connectivity index (χ1v) is 12.2. The van der Waals surface area contributed by atoms with E-state index >= 15 is 0 Å². The number of aliphatic carboxylic acids is 1. The Morgan fingerprint density at radius 2 is 1.80 bits per heavy atom. The maximum Gasteiger partial charge on any atom is 0.407 e. The van der Waals surface area contributed by atoms with E-state index in [0.717, 1.165) is 22.3 Å². The number of amides is 2. The van der Waals surface area contributed by atoms with Gasteiger partial charge in [0.25, 0.3) is 5.91 Å². The summed E-state index contributed by atoms with van der Waals surface area (Å²) in [6.07, 6.45) is 0.521. The summed E-state index contributed by atoms with van der Waals surface area (Å²) in [5.74, 6) is -1.33. The predicted molar refractivity (Wildman–Crippen MR) is 128 cm³/mol. The van der Waals surface area contributed by atoms with Crippen LogP contribution in [0.4, 0.5) is 4.79 Å². The van der Waals surface area contributed by atoms with Crippen LogP contribution in [0.1, 0.15) is 40.0 Å². The Kier molecular flexibility index (Phi) is 6.21. The van der Waals surface area contributed by atoms with Crippen LogP contribution in [0.2, 0.25) is 0 Å². The number of carboxylic acids is 1. The average Bonchev–Trinajstić information content (AvgIpc) is 3.57. The van der Waals surface area contributed by atoms with Gasteiger partial charge in [-0.05, 0) is 29.2 Å². The predicted octanol–water partition coefficient (Wildman–Crippen LogP) is 3.70. The minimum Gasteiger partial charge on any atom is -0.480 e. The Balaban J connectivity index is 1.22. The molecule has 35 heavy (non-hydrogen) atoms. The summed E-state index contributed by atoms with van der Waals surface area (Å²) in [5.41, 5.74) is 4.81. The minimum absolute atomic E-state index is 0.0700. The van der Waals surface area contributed by atoms with Gasteiger partial charge in [-0.2, -0.15) is 0 Å². The molecular formula is C25H23N3O6S. The molecule has 1 fully saturated rings. The Morgan fingerprint density at radius 1 is 1.14 bits per heavy atom. The number of alkyl carbamates (subject to hydrolysis) is 1. The number of fused-ring (bicyclic) bond motifs is 3. The molecular weight excluding hydrogens is 470 g/mol. The van der Waals surface area contributed by atoms with Crippen LogP contribution in [0.3, 0.4) is 0 Å². The number of carboxylic acid groups (broad SMARTS) is 1. The van der Waals surface area contributed by atoms with Gasteiger partial charge in [0, 0.05) is 11.7 Å². The molecule has 2 aromatic carbocycles. The molecule has 2 atom stereocenters. The molecule has 0 radical (unpaired) electrons. The zero-order valence-electron chi connectivity index (χ0n) is 18.8. The third kappa shape index (κ3) is 4.25. The Bertz CT molecular complexity index is 1250. The normalized spacial score (nSPS) is 18.7. The monoisotopic (exact) mass is 493 g/mol. The maximum atomic E-state index is 13.0. The van der Waals surface area contributed by atoms with E-state index in [9.17, 15) is 19.5 Å². The molecule has 180 valence electrons. The lowest BCUT2D eigenvalue weighted by Gasteiger charge is -2.24. The minimum atomic E-state index is -1.06. The van der Waals surface area contributed by atoms with Gasteiger partial charge in [0.2, 0.25) is 0 Å². The highest BCUT2D eigenvalue weighted by Gasteiger charge is 2.41. The van der Waals surface area contributed by atoms with Crippen molar-refractivity contribution in [2.24, 2.45) is 0 Å². The summed E-state index contributed by atoms with van der Waals surface area (Å²) in [4.78, 5) is 38.4. The van der Waals surface area contributed by atoms with E-state index in [1.165, 1.54) is 22.9 Å². The molecule has 0 bridgehead atoms. The number of ether oxygens (including phenoxy) is 1. The molecule has 0 spiro atoms. The van der Waals surface area contributed by atoms with Crippen LogP contribution in [-0.2, 0) is 16.1 Å². The van der Waals surface area contributed by atoms with Gasteiger partial charge in [0.15, 0.2) is 0 Å².